The van der Waals surface area contributed by atoms with Crippen LogP contribution in [0.2, 0.25) is 0 Å². The van der Waals surface area contributed by atoms with Gasteiger partial charge in [-0.05, 0) is 71.9 Å². The molecule has 1 aliphatic heterocycles. The number of aromatic nitrogens is 5. The number of aryl methyl sites for hydroxylation is 1. The lowest BCUT2D eigenvalue weighted by molar-refractivity contribution is 0.163. The molecule has 8 nitrogen and oxygen atoms in total. The van der Waals surface area contributed by atoms with Gasteiger partial charge in [-0.3, -0.25) is 9.69 Å². The number of methoxy groups -OCH3 is 1. The van der Waals surface area contributed by atoms with E-state index in [9.17, 15) is 4.79 Å². The average Bonchev–Trinajstić information content (AvgIpc) is 3.21. The number of ether oxygens (including phenoxy) is 1. The molecule has 2 aromatic heterocycles. The van der Waals surface area contributed by atoms with Crippen LogP contribution in [0, 0.1) is 0 Å². The third kappa shape index (κ3) is 4.09. The molecule has 29 heavy (non-hydrogen) atoms. The van der Waals surface area contributed by atoms with Gasteiger partial charge in [0, 0.05) is 18.2 Å². The molecule has 8 heteroatoms. The summed E-state index contributed by atoms with van der Waals surface area (Å²) in [6.07, 6.45) is 4.39. The topological polar surface area (TPSA) is 88.9 Å². The zero-order valence-corrected chi connectivity index (χ0v) is 17.1. The third-order valence-corrected chi connectivity index (χ3v) is 5.71. The van der Waals surface area contributed by atoms with Gasteiger partial charge in [-0.25, -0.2) is 4.68 Å². The van der Waals surface area contributed by atoms with Crippen LogP contribution in [0.4, 0.5) is 0 Å². The summed E-state index contributed by atoms with van der Waals surface area (Å²) in [4.78, 5) is 18.5. The smallest absolute Gasteiger partial charge is 0.253 e. The van der Waals surface area contributed by atoms with Crippen LogP contribution in [0.15, 0.2) is 29.1 Å². The number of hydrogen-bond donors (Lipinski definition) is 1. The lowest BCUT2D eigenvalue weighted by Crippen LogP contribution is -2.38. The molecule has 1 atom stereocenters. The number of aromatic amines is 1. The minimum Gasteiger partial charge on any atom is -0.383 e. The fraction of sp³-hybridized carbons (Fsp3) is 0.524. The van der Waals surface area contributed by atoms with E-state index in [-0.39, 0.29) is 11.6 Å². The molecule has 0 spiro atoms. The van der Waals surface area contributed by atoms with Crippen LogP contribution >= 0.6 is 0 Å². The van der Waals surface area contributed by atoms with Gasteiger partial charge in [-0.1, -0.05) is 19.4 Å². The molecule has 1 unspecified atom stereocenters. The van der Waals surface area contributed by atoms with E-state index in [1.54, 1.807) is 11.8 Å². The Bertz CT molecular complexity index is 1020. The van der Waals surface area contributed by atoms with Crippen molar-refractivity contribution < 1.29 is 4.74 Å². The zero-order chi connectivity index (χ0) is 20.2. The molecule has 1 aromatic carbocycles. The number of fused-ring (bicyclic) bond motifs is 1. The maximum Gasteiger partial charge on any atom is 0.253 e. The molecule has 1 N–H and O–H groups in total. The van der Waals surface area contributed by atoms with Gasteiger partial charge in [-0.15, -0.1) is 5.10 Å². The molecule has 1 fully saturated rings. The monoisotopic (exact) mass is 396 g/mol. The Morgan fingerprint density at radius 1 is 1.21 bits per heavy atom. The van der Waals surface area contributed by atoms with Crippen LogP contribution in [0.3, 0.4) is 0 Å². The van der Waals surface area contributed by atoms with Crippen LogP contribution in [-0.4, -0.2) is 56.9 Å². The van der Waals surface area contributed by atoms with Crippen molar-refractivity contribution in [3.63, 3.8) is 0 Å². The van der Waals surface area contributed by atoms with Gasteiger partial charge >= 0.3 is 0 Å². The second kappa shape index (κ2) is 8.84. The summed E-state index contributed by atoms with van der Waals surface area (Å²) in [6, 6.07) is 7.93. The summed E-state index contributed by atoms with van der Waals surface area (Å²) in [5.74, 6) is 0.695. The molecule has 4 rings (SSSR count). The van der Waals surface area contributed by atoms with Crippen molar-refractivity contribution in [3.05, 3.63) is 51.6 Å². The number of H-pyrrole nitrogens is 1. The Morgan fingerprint density at radius 3 is 2.79 bits per heavy atom. The van der Waals surface area contributed by atoms with E-state index < -0.39 is 0 Å². The van der Waals surface area contributed by atoms with Crippen molar-refractivity contribution in [1.29, 1.82) is 0 Å². The molecular weight excluding hydrogens is 368 g/mol. The fourth-order valence-corrected chi connectivity index (χ4v) is 4.12. The minimum absolute atomic E-state index is 0.0846. The van der Waals surface area contributed by atoms with E-state index in [1.807, 2.05) is 12.1 Å². The highest BCUT2D eigenvalue weighted by Gasteiger charge is 2.31. The van der Waals surface area contributed by atoms with Gasteiger partial charge in [0.15, 0.2) is 5.82 Å². The molecule has 0 radical (unpaired) electrons. The highest BCUT2D eigenvalue weighted by molar-refractivity contribution is 5.80. The molecule has 3 heterocycles. The molecule has 3 aromatic rings. The Balaban J connectivity index is 1.83. The first-order valence-electron chi connectivity index (χ1n) is 10.4. The number of benzene rings is 1. The Labute approximate surface area is 169 Å². The summed E-state index contributed by atoms with van der Waals surface area (Å²) in [7, 11) is 1.66. The summed E-state index contributed by atoms with van der Waals surface area (Å²) >= 11 is 0. The lowest BCUT2D eigenvalue weighted by atomic mass is 9.99. The number of pyridine rings is 1. The number of nitrogens with zero attached hydrogens (tertiary/aromatic N) is 5. The number of likely N-dealkylation sites (tertiary alicyclic amines) is 1. The quantitative estimate of drug-likeness (QED) is 0.659. The summed E-state index contributed by atoms with van der Waals surface area (Å²) in [5.41, 5.74) is 2.71. The lowest BCUT2D eigenvalue weighted by Gasteiger charge is -2.33. The second-order valence-corrected chi connectivity index (χ2v) is 7.58. The first kappa shape index (κ1) is 19.7. The van der Waals surface area contributed by atoms with Crippen LogP contribution in [-0.2, 0) is 17.7 Å². The summed E-state index contributed by atoms with van der Waals surface area (Å²) in [6.45, 7) is 5.05. The first-order chi connectivity index (χ1) is 14.2. The van der Waals surface area contributed by atoms with E-state index >= 15 is 0 Å². The Hall–Kier alpha value is -2.58. The standard InChI is InChI=1S/C21H28N6O2/c1-3-15-7-8-18-16(13-15)14-17(21(28)22-18)19(26-9-5-4-6-10-26)20-23-24-25-27(20)11-12-29-2/h7-8,13-14,19H,3-6,9-12H2,1-2H3,(H,22,28). The van der Waals surface area contributed by atoms with E-state index in [1.165, 1.54) is 12.0 Å². The average molecular weight is 396 g/mol. The van der Waals surface area contributed by atoms with Gasteiger partial charge in [0.2, 0.25) is 0 Å². The number of piperidine rings is 1. The minimum atomic E-state index is -0.277. The second-order valence-electron chi connectivity index (χ2n) is 7.58. The number of hydrogen-bond acceptors (Lipinski definition) is 6. The molecule has 0 bridgehead atoms. The maximum atomic E-state index is 13.1. The van der Waals surface area contributed by atoms with Crippen molar-refractivity contribution in [3.8, 4) is 0 Å². The zero-order valence-electron chi connectivity index (χ0n) is 17.1. The molecule has 0 aliphatic carbocycles. The Kier molecular flexibility index (Phi) is 6.01. The van der Waals surface area contributed by atoms with Gasteiger partial charge in [0.05, 0.1) is 13.2 Å². The molecule has 0 amide bonds. The summed E-state index contributed by atoms with van der Waals surface area (Å²) < 4.78 is 6.97. The van der Waals surface area contributed by atoms with Crippen LogP contribution in [0.5, 0.6) is 0 Å². The van der Waals surface area contributed by atoms with E-state index in [4.69, 9.17) is 4.74 Å². The van der Waals surface area contributed by atoms with Crippen molar-refractivity contribution >= 4 is 10.9 Å². The number of nitrogens with one attached hydrogen (secondary N) is 1. The molecule has 154 valence electrons. The van der Waals surface area contributed by atoms with Crippen LogP contribution in [0.25, 0.3) is 10.9 Å². The Morgan fingerprint density at radius 2 is 2.03 bits per heavy atom. The van der Waals surface area contributed by atoms with Crippen LogP contribution < -0.4 is 5.56 Å². The van der Waals surface area contributed by atoms with Gasteiger partial charge in [0.25, 0.3) is 5.56 Å². The van der Waals surface area contributed by atoms with Gasteiger partial charge in [0.1, 0.15) is 6.04 Å². The highest BCUT2D eigenvalue weighted by Crippen LogP contribution is 2.29. The predicted octanol–water partition coefficient (Wildman–Crippen LogP) is 2.30. The van der Waals surface area contributed by atoms with Crippen molar-refractivity contribution in [2.45, 2.75) is 45.2 Å². The summed E-state index contributed by atoms with van der Waals surface area (Å²) in [5, 5.41) is 13.4. The normalized spacial score (nSPS) is 16.3. The fourth-order valence-electron chi connectivity index (χ4n) is 4.12. The molecule has 1 saturated heterocycles. The largest absolute Gasteiger partial charge is 0.383 e. The molecule has 0 saturated carbocycles. The maximum absolute atomic E-state index is 13.1. The van der Waals surface area contributed by atoms with Crippen molar-refractivity contribution in [2.24, 2.45) is 0 Å². The number of tetrazole rings is 1. The SMILES string of the molecule is CCc1ccc2[nH]c(=O)c(C(c3nnnn3CCOC)N3CCCCC3)cc2c1. The van der Waals surface area contributed by atoms with Crippen molar-refractivity contribution in [2.75, 3.05) is 26.8 Å². The predicted molar refractivity (Wildman–Crippen MR) is 111 cm³/mol. The highest BCUT2D eigenvalue weighted by atomic mass is 16.5. The van der Waals surface area contributed by atoms with E-state index in [0.29, 0.717) is 24.5 Å². The molecule has 1 aliphatic rings. The van der Waals surface area contributed by atoms with Gasteiger partial charge in [-0.2, -0.15) is 0 Å². The molecular formula is C21H28N6O2. The first-order valence-corrected chi connectivity index (χ1v) is 10.4. The van der Waals surface area contributed by atoms with E-state index in [2.05, 4.69) is 44.5 Å². The van der Waals surface area contributed by atoms with Crippen molar-refractivity contribution in [1.82, 2.24) is 30.1 Å². The third-order valence-electron chi connectivity index (χ3n) is 5.71. The van der Waals surface area contributed by atoms with E-state index in [0.717, 1.165) is 43.3 Å². The van der Waals surface area contributed by atoms with Gasteiger partial charge < -0.3 is 9.72 Å². The van der Waals surface area contributed by atoms with Crippen LogP contribution in [0.1, 0.15) is 49.2 Å². The number of rotatable bonds is 7.